The SMILES string of the molecule is COc1ccc(Sc2cc(C(=O)O)ccn2)c([N+](=O)[O-])c1. The van der Waals surface area contributed by atoms with Gasteiger partial charge in [0, 0.05) is 6.20 Å². The zero-order valence-corrected chi connectivity index (χ0v) is 11.7. The molecule has 0 spiro atoms. The molecule has 2 rings (SSSR count). The molecule has 0 unspecified atom stereocenters. The first kappa shape index (κ1) is 14.8. The molecule has 0 aliphatic carbocycles. The number of pyridine rings is 1. The molecular formula is C13H10N2O5S. The van der Waals surface area contributed by atoms with E-state index in [2.05, 4.69) is 4.98 Å². The molecule has 2 aromatic rings. The summed E-state index contributed by atoms with van der Waals surface area (Å²) in [4.78, 5) is 25.8. The Labute approximate surface area is 123 Å². The Kier molecular flexibility index (Phi) is 4.39. The van der Waals surface area contributed by atoms with Crippen LogP contribution in [0.2, 0.25) is 0 Å². The Hall–Kier alpha value is -2.61. The van der Waals surface area contributed by atoms with Gasteiger partial charge in [-0.3, -0.25) is 10.1 Å². The van der Waals surface area contributed by atoms with Gasteiger partial charge in [-0.2, -0.15) is 0 Å². The molecule has 1 aromatic carbocycles. The van der Waals surface area contributed by atoms with Crippen molar-refractivity contribution >= 4 is 23.4 Å². The van der Waals surface area contributed by atoms with Gasteiger partial charge in [0.1, 0.15) is 10.8 Å². The summed E-state index contributed by atoms with van der Waals surface area (Å²) < 4.78 is 4.95. The minimum absolute atomic E-state index is 0.0728. The molecule has 8 heteroatoms. The van der Waals surface area contributed by atoms with Gasteiger partial charge in [0.25, 0.3) is 5.69 Å². The van der Waals surface area contributed by atoms with Crippen LogP contribution in [0.5, 0.6) is 5.75 Å². The van der Waals surface area contributed by atoms with E-state index in [4.69, 9.17) is 9.84 Å². The first-order chi connectivity index (χ1) is 10.0. The van der Waals surface area contributed by atoms with Crippen molar-refractivity contribution < 1.29 is 19.6 Å². The highest BCUT2D eigenvalue weighted by atomic mass is 32.2. The van der Waals surface area contributed by atoms with Crippen molar-refractivity contribution in [3.63, 3.8) is 0 Å². The third-order valence-electron chi connectivity index (χ3n) is 2.56. The normalized spacial score (nSPS) is 10.1. The third-order valence-corrected chi connectivity index (χ3v) is 3.56. The van der Waals surface area contributed by atoms with E-state index in [-0.39, 0.29) is 11.3 Å². The first-order valence-electron chi connectivity index (χ1n) is 5.71. The summed E-state index contributed by atoms with van der Waals surface area (Å²) in [6.07, 6.45) is 1.35. The molecule has 0 amide bonds. The number of hydrogen-bond donors (Lipinski definition) is 1. The number of aromatic carboxylic acids is 1. The molecule has 0 aliphatic heterocycles. The van der Waals surface area contributed by atoms with Gasteiger partial charge in [-0.05, 0) is 24.3 Å². The second-order valence-corrected chi connectivity index (χ2v) is 4.94. The Morgan fingerprint density at radius 1 is 1.38 bits per heavy atom. The minimum atomic E-state index is -1.08. The highest BCUT2D eigenvalue weighted by Crippen LogP contribution is 2.36. The highest BCUT2D eigenvalue weighted by molar-refractivity contribution is 7.99. The van der Waals surface area contributed by atoms with Crippen LogP contribution in [0.25, 0.3) is 0 Å². The zero-order chi connectivity index (χ0) is 15.4. The van der Waals surface area contributed by atoms with Crippen molar-refractivity contribution in [2.24, 2.45) is 0 Å². The van der Waals surface area contributed by atoms with Gasteiger partial charge in [-0.25, -0.2) is 9.78 Å². The van der Waals surface area contributed by atoms with E-state index in [1.54, 1.807) is 6.07 Å². The topological polar surface area (TPSA) is 103 Å². The maximum absolute atomic E-state index is 11.1. The van der Waals surface area contributed by atoms with E-state index in [1.807, 2.05) is 0 Å². The summed E-state index contributed by atoms with van der Waals surface area (Å²) >= 11 is 1.02. The third kappa shape index (κ3) is 3.48. The lowest BCUT2D eigenvalue weighted by Crippen LogP contribution is -1.97. The van der Waals surface area contributed by atoms with Crippen molar-refractivity contribution in [2.75, 3.05) is 7.11 Å². The Morgan fingerprint density at radius 3 is 2.76 bits per heavy atom. The fraction of sp³-hybridized carbons (Fsp3) is 0.0769. The molecule has 0 fully saturated rings. The number of ether oxygens (including phenoxy) is 1. The van der Waals surface area contributed by atoms with E-state index < -0.39 is 10.9 Å². The van der Waals surface area contributed by atoms with E-state index in [0.717, 1.165) is 11.8 Å². The number of carbonyl (C=O) groups is 1. The molecule has 21 heavy (non-hydrogen) atoms. The fourth-order valence-corrected chi connectivity index (χ4v) is 2.46. The quantitative estimate of drug-likeness (QED) is 0.669. The van der Waals surface area contributed by atoms with Crippen LogP contribution in [0.4, 0.5) is 5.69 Å². The number of carboxylic acid groups (broad SMARTS) is 1. The van der Waals surface area contributed by atoms with Crippen LogP contribution in [0, 0.1) is 10.1 Å². The molecule has 1 aromatic heterocycles. The molecule has 0 radical (unpaired) electrons. The van der Waals surface area contributed by atoms with Gasteiger partial charge in [-0.1, -0.05) is 11.8 Å². The number of hydrogen-bond acceptors (Lipinski definition) is 6. The molecule has 0 bridgehead atoms. The molecule has 0 saturated heterocycles. The second kappa shape index (κ2) is 6.23. The van der Waals surface area contributed by atoms with Crippen molar-refractivity contribution in [2.45, 2.75) is 9.92 Å². The number of nitro benzene ring substituents is 1. The highest BCUT2D eigenvalue weighted by Gasteiger charge is 2.17. The fourth-order valence-electron chi connectivity index (χ4n) is 1.56. The zero-order valence-electron chi connectivity index (χ0n) is 10.8. The van der Waals surface area contributed by atoms with Crippen LogP contribution in [-0.2, 0) is 0 Å². The number of methoxy groups -OCH3 is 1. The first-order valence-corrected chi connectivity index (χ1v) is 6.52. The van der Waals surface area contributed by atoms with Crippen LogP contribution in [0.3, 0.4) is 0 Å². The molecule has 0 saturated carbocycles. The molecule has 1 N–H and O–H groups in total. The van der Waals surface area contributed by atoms with Gasteiger partial charge >= 0.3 is 5.97 Å². The number of benzene rings is 1. The van der Waals surface area contributed by atoms with Gasteiger partial charge in [0.05, 0.1) is 28.6 Å². The second-order valence-electron chi connectivity index (χ2n) is 3.88. The number of aromatic nitrogens is 1. The molecule has 108 valence electrons. The van der Waals surface area contributed by atoms with E-state index >= 15 is 0 Å². The predicted molar refractivity (Wildman–Crippen MR) is 75.0 cm³/mol. The summed E-state index contributed by atoms with van der Waals surface area (Å²) in [7, 11) is 1.42. The molecule has 1 heterocycles. The smallest absolute Gasteiger partial charge is 0.335 e. The molecule has 7 nitrogen and oxygen atoms in total. The lowest BCUT2D eigenvalue weighted by atomic mass is 10.3. The predicted octanol–water partition coefficient (Wildman–Crippen LogP) is 2.85. The van der Waals surface area contributed by atoms with E-state index in [9.17, 15) is 14.9 Å². The van der Waals surface area contributed by atoms with Crippen LogP contribution < -0.4 is 4.74 Å². The maximum atomic E-state index is 11.1. The largest absolute Gasteiger partial charge is 0.497 e. The monoisotopic (exact) mass is 306 g/mol. The number of rotatable bonds is 5. The van der Waals surface area contributed by atoms with Gasteiger partial charge in [0.15, 0.2) is 0 Å². The van der Waals surface area contributed by atoms with Gasteiger partial charge < -0.3 is 9.84 Å². The minimum Gasteiger partial charge on any atom is -0.497 e. The van der Waals surface area contributed by atoms with Crippen LogP contribution >= 0.6 is 11.8 Å². The Balaban J connectivity index is 2.37. The average Bonchev–Trinajstić information content (AvgIpc) is 2.47. The summed E-state index contributed by atoms with van der Waals surface area (Å²) in [5.74, 6) is -0.707. The van der Waals surface area contributed by atoms with Gasteiger partial charge in [0.2, 0.25) is 0 Å². The number of nitro groups is 1. The average molecular weight is 306 g/mol. The van der Waals surface area contributed by atoms with Crippen LogP contribution in [0.1, 0.15) is 10.4 Å². The molecular weight excluding hydrogens is 296 g/mol. The number of carboxylic acids is 1. The Morgan fingerprint density at radius 2 is 2.14 bits per heavy atom. The summed E-state index contributed by atoms with van der Waals surface area (Å²) in [6.45, 7) is 0. The summed E-state index contributed by atoms with van der Waals surface area (Å²) in [5.41, 5.74) is -0.0504. The summed E-state index contributed by atoms with van der Waals surface area (Å²) in [6, 6.07) is 7.16. The van der Waals surface area contributed by atoms with E-state index in [0.29, 0.717) is 15.7 Å². The van der Waals surface area contributed by atoms with Crippen LogP contribution in [-0.4, -0.2) is 28.1 Å². The lowest BCUT2D eigenvalue weighted by Gasteiger charge is -2.05. The van der Waals surface area contributed by atoms with Gasteiger partial charge in [-0.15, -0.1) is 0 Å². The standard InChI is InChI=1S/C13H10N2O5S/c1-20-9-2-3-11(10(7-9)15(18)19)21-12-6-8(13(16)17)4-5-14-12/h2-7H,1H3,(H,16,17). The van der Waals surface area contributed by atoms with Crippen LogP contribution in [0.15, 0.2) is 46.5 Å². The lowest BCUT2D eigenvalue weighted by molar-refractivity contribution is -0.387. The Bertz CT molecular complexity index is 705. The number of nitrogens with zero attached hydrogens (tertiary/aromatic N) is 2. The van der Waals surface area contributed by atoms with Crippen molar-refractivity contribution in [3.05, 3.63) is 52.2 Å². The molecule has 0 aliphatic rings. The maximum Gasteiger partial charge on any atom is 0.335 e. The molecule has 0 atom stereocenters. The summed E-state index contributed by atoms with van der Waals surface area (Å²) in [5, 5.41) is 20.4. The van der Waals surface area contributed by atoms with E-state index in [1.165, 1.54) is 37.6 Å². The van der Waals surface area contributed by atoms with Crippen molar-refractivity contribution in [1.82, 2.24) is 4.98 Å². The van der Waals surface area contributed by atoms with Crippen molar-refractivity contribution in [1.29, 1.82) is 0 Å². The van der Waals surface area contributed by atoms with Crippen molar-refractivity contribution in [3.8, 4) is 5.75 Å².